The molecule has 4 aromatic carbocycles. The first-order chi connectivity index (χ1) is 22.7. The summed E-state index contributed by atoms with van der Waals surface area (Å²) in [4.78, 5) is 29.4. The van der Waals surface area contributed by atoms with Crippen molar-refractivity contribution >= 4 is 39.1 Å². The number of nitrogens with zero attached hydrogens (tertiary/aromatic N) is 2. The molecule has 0 spiro atoms. The molecule has 0 bridgehead atoms. The van der Waals surface area contributed by atoms with Crippen molar-refractivity contribution in [1.29, 1.82) is 0 Å². The summed E-state index contributed by atoms with van der Waals surface area (Å²) in [5.74, 6) is -0.936. The number of fused-ring (bicyclic) bond motifs is 1. The van der Waals surface area contributed by atoms with Crippen molar-refractivity contribution in [2.45, 2.75) is 37.2 Å². The van der Waals surface area contributed by atoms with Gasteiger partial charge in [-0.05, 0) is 66.1 Å². The first kappa shape index (κ1) is 33.7. The molecule has 1 heterocycles. The van der Waals surface area contributed by atoms with Crippen molar-refractivity contribution in [3.63, 3.8) is 0 Å². The highest BCUT2D eigenvalue weighted by molar-refractivity contribution is 7.92. The molecule has 0 fully saturated rings. The molecule has 1 aliphatic rings. The molecule has 246 valence electrons. The number of sulfonamides is 1. The predicted octanol–water partition coefficient (Wildman–Crippen LogP) is 5.61. The summed E-state index contributed by atoms with van der Waals surface area (Å²) < 4.78 is 54.6. The average molecular weight is 680 g/mol. The molecule has 0 radical (unpaired) electrons. The number of hydrogen-bond donors (Lipinski definition) is 1. The van der Waals surface area contributed by atoms with Gasteiger partial charge in [-0.15, -0.1) is 0 Å². The first-order valence-corrected chi connectivity index (χ1v) is 17.0. The summed E-state index contributed by atoms with van der Waals surface area (Å²) in [6, 6.07) is 24.2. The van der Waals surface area contributed by atoms with E-state index in [0.29, 0.717) is 35.9 Å². The van der Waals surface area contributed by atoms with Crippen molar-refractivity contribution in [1.82, 2.24) is 10.2 Å². The SMILES string of the molecule is CCCNC(=O)[C@H](Cc1ccccc1)N(Cc1ccc(Cl)cc1)C(=O)CN(c1ccc(F)cc1)S(=O)(=O)c1ccc2c(c1)OCCO2. The Kier molecular flexibility index (Phi) is 11.0. The number of carbonyl (C=O) groups excluding carboxylic acids is 2. The standard InChI is InChI=1S/C35H35ClFN3O6S/c1-2-18-38-35(42)31(21-25-6-4-3-5-7-25)39(23-26-8-10-27(36)11-9-26)34(41)24-40(29-14-12-28(37)13-15-29)47(43,44)30-16-17-32-33(22-30)46-20-19-45-32/h3-17,22,31H,2,18-21,23-24H2,1H3,(H,38,42)/t31-/m0/s1. The van der Waals surface area contributed by atoms with Gasteiger partial charge in [0, 0.05) is 30.6 Å². The van der Waals surface area contributed by atoms with Crippen LogP contribution in [-0.4, -0.2) is 57.5 Å². The summed E-state index contributed by atoms with van der Waals surface area (Å²) in [5, 5.41) is 3.41. The van der Waals surface area contributed by atoms with E-state index in [4.69, 9.17) is 21.1 Å². The topological polar surface area (TPSA) is 105 Å². The molecular weight excluding hydrogens is 645 g/mol. The number of amides is 2. The Morgan fingerprint density at radius 3 is 2.26 bits per heavy atom. The second-order valence-electron chi connectivity index (χ2n) is 10.9. The number of halogens is 2. The number of benzene rings is 4. The Hall–Kier alpha value is -4.61. The first-order valence-electron chi connectivity index (χ1n) is 15.2. The van der Waals surface area contributed by atoms with Crippen molar-refractivity contribution in [2.24, 2.45) is 0 Å². The van der Waals surface area contributed by atoms with Crippen LogP contribution in [0.4, 0.5) is 10.1 Å². The van der Waals surface area contributed by atoms with Crippen LogP contribution in [0.1, 0.15) is 24.5 Å². The largest absolute Gasteiger partial charge is 0.486 e. The van der Waals surface area contributed by atoms with E-state index in [9.17, 15) is 22.4 Å². The molecule has 0 aromatic heterocycles. The van der Waals surface area contributed by atoms with Crippen LogP contribution in [-0.2, 0) is 32.6 Å². The van der Waals surface area contributed by atoms with Gasteiger partial charge in [0.05, 0.1) is 10.6 Å². The van der Waals surface area contributed by atoms with E-state index in [1.165, 1.54) is 35.2 Å². The van der Waals surface area contributed by atoms with Gasteiger partial charge in [0.25, 0.3) is 10.0 Å². The van der Waals surface area contributed by atoms with Gasteiger partial charge in [-0.3, -0.25) is 13.9 Å². The second-order valence-corrected chi connectivity index (χ2v) is 13.2. The summed E-state index contributed by atoms with van der Waals surface area (Å²) >= 11 is 6.13. The molecule has 1 atom stereocenters. The zero-order valence-electron chi connectivity index (χ0n) is 25.8. The Labute approximate surface area is 278 Å². The predicted molar refractivity (Wildman–Crippen MR) is 178 cm³/mol. The molecule has 12 heteroatoms. The zero-order valence-corrected chi connectivity index (χ0v) is 27.3. The van der Waals surface area contributed by atoms with Gasteiger partial charge in [0.1, 0.15) is 31.6 Å². The quantitative estimate of drug-likeness (QED) is 0.197. The van der Waals surface area contributed by atoms with Crippen molar-refractivity contribution in [3.8, 4) is 11.5 Å². The molecule has 0 saturated heterocycles. The third kappa shape index (κ3) is 8.41. The number of hydrogen-bond acceptors (Lipinski definition) is 6. The number of anilines is 1. The average Bonchev–Trinajstić information content (AvgIpc) is 3.09. The van der Waals surface area contributed by atoms with Crippen LogP contribution in [0.2, 0.25) is 5.02 Å². The third-order valence-electron chi connectivity index (χ3n) is 7.58. The maximum absolute atomic E-state index is 14.5. The van der Waals surface area contributed by atoms with Crippen LogP contribution in [0.25, 0.3) is 0 Å². The van der Waals surface area contributed by atoms with Crippen molar-refractivity contribution < 1.29 is 31.9 Å². The molecule has 1 N–H and O–H groups in total. The van der Waals surface area contributed by atoms with Crippen LogP contribution in [0.5, 0.6) is 11.5 Å². The van der Waals surface area contributed by atoms with Crippen LogP contribution < -0.4 is 19.1 Å². The summed E-state index contributed by atoms with van der Waals surface area (Å²) in [7, 11) is -4.42. The normalized spacial score (nSPS) is 13.0. The molecule has 47 heavy (non-hydrogen) atoms. The molecular formula is C35H35ClFN3O6S. The molecule has 0 aliphatic carbocycles. The molecule has 0 unspecified atom stereocenters. The fraction of sp³-hybridized carbons (Fsp3) is 0.257. The number of ether oxygens (including phenoxy) is 2. The van der Waals surface area contributed by atoms with Gasteiger partial charge in [-0.1, -0.05) is 61.0 Å². The van der Waals surface area contributed by atoms with Gasteiger partial charge in [0.2, 0.25) is 11.8 Å². The van der Waals surface area contributed by atoms with Gasteiger partial charge in [-0.2, -0.15) is 0 Å². The summed E-state index contributed by atoms with van der Waals surface area (Å²) in [6.45, 7) is 2.21. The van der Waals surface area contributed by atoms with Gasteiger partial charge < -0.3 is 19.7 Å². The van der Waals surface area contributed by atoms with E-state index in [0.717, 1.165) is 22.0 Å². The lowest BCUT2D eigenvalue weighted by atomic mass is 10.0. The molecule has 4 aromatic rings. The third-order valence-corrected chi connectivity index (χ3v) is 9.60. The lowest BCUT2D eigenvalue weighted by Crippen LogP contribution is -2.53. The van der Waals surface area contributed by atoms with Gasteiger partial charge >= 0.3 is 0 Å². The minimum absolute atomic E-state index is 0.00558. The Balaban J connectivity index is 1.56. The van der Waals surface area contributed by atoms with Crippen LogP contribution >= 0.6 is 11.6 Å². The number of rotatable bonds is 13. The lowest BCUT2D eigenvalue weighted by Gasteiger charge is -2.34. The zero-order chi connectivity index (χ0) is 33.4. The fourth-order valence-electron chi connectivity index (χ4n) is 5.15. The molecule has 9 nitrogen and oxygen atoms in total. The lowest BCUT2D eigenvalue weighted by molar-refractivity contribution is -0.140. The van der Waals surface area contributed by atoms with E-state index in [-0.39, 0.29) is 41.8 Å². The Morgan fingerprint density at radius 1 is 0.894 bits per heavy atom. The van der Waals surface area contributed by atoms with Crippen LogP contribution in [0, 0.1) is 5.82 Å². The molecule has 2 amide bonds. The van der Waals surface area contributed by atoms with Gasteiger partial charge in [0.15, 0.2) is 11.5 Å². The number of carbonyl (C=O) groups is 2. The van der Waals surface area contributed by atoms with Crippen molar-refractivity contribution in [2.75, 3.05) is 30.6 Å². The number of nitrogens with one attached hydrogen (secondary N) is 1. The van der Waals surface area contributed by atoms with E-state index in [2.05, 4.69) is 5.32 Å². The monoisotopic (exact) mass is 679 g/mol. The minimum Gasteiger partial charge on any atom is -0.486 e. The Bertz CT molecular complexity index is 1790. The molecule has 1 aliphatic heterocycles. The molecule has 5 rings (SSSR count). The van der Waals surface area contributed by atoms with E-state index in [1.54, 1.807) is 24.3 Å². The Morgan fingerprint density at radius 2 is 1.57 bits per heavy atom. The van der Waals surface area contributed by atoms with Gasteiger partial charge in [-0.25, -0.2) is 12.8 Å². The summed E-state index contributed by atoms with van der Waals surface area (Å²) in [6.07, 6.45) is 0.863. The molecule has 0 saturated carbocycles. The van der Waals surface area contributed by atoms with E-state index in [1.807, 2.05) is 37.3 Å². The minimum atomic E-state index is -4.42. The maximum Gasteiger partial charge on any atom is 0.264 e. The maximum atomic E-state index is 14.5. The second kappa shape index (κ2) is 15.3. The highest BCUT2D eigenvalue weighted by atomic mass is 35.5. The van der Waals surface area contributed by atoms with E-state index < -0.39 is 34.3 Å². The smallest absolute Gasteiger partial charge is 0.264 e. The van der Waals surface area contributed by atoms with E-state index >= 15 is 0 Å². The van der Waals surface area contributed by atoms with Crippen LogP contribution in [0.15, 0.2) is 102 Å². The fourth-order valence-corrected chi connectivity index (χ4v) is 6.71. The highest BCUT2D eigenvalue weighted by Crippen LogP contribution is 2.34. The van der Waals surface area contributed by atoms with Crippen LogP contribution in [0.3, 0.4) is 0 Å². The summed E-state index contributed by atoms with van der Waals surface area (Å²) in [5.41, 5.74) is 1.57. The highest BCUT2D eigenvalue weighted by Gasteiger charge is 2.35. The van der Waals surface area contributed by atoms with Crippen molar-refractivity contribution in [3.05, 3.63) is 119 Å².